The molecule has 1 rings (SSSR count). The van der Waals surface area contributed by atoms with Crippen molar-refractivity contribution in [3.05, 3.63) is 0 Å². The van der Waals surface area contributed by atoms with Gasteiger partial charge in [0.1, 0.15) is 6.73 Å². The van der Waals surface area contributed by atoms with Gasteiger partial charge in [0, 0.05) is 0 Å². The van der Waals surface area contributed by atoms with Crippen LogP contribution in [0.1, 0.15) is 48.5 Å². The van der Waals surface area contributed by atoms with Crippen LogP contribution in [0.15, 0.2) is 0 Å². The van der Waals surface area contributed by atoms with Gasteiger partial charge in [-0.25, -0.2) is 0 Å². The van der Waals surface area contributed by atoms with Crippen LogP contribution < -0.4 is 16.8 Å². The third kappa shape index (κ3) is 3.93. The van der Waals surface area contributed by atoms with Crippen molar-refractivity contribution in [1.82, 2.24) is 15.0 Å². The van der Waals surface area contributed by atoms with Gasteiger partial charge in [-0.2, -0.15) is 15.0 Å². The lowest BCUT2D eigenvalue weighted by Crippen LogP contribution is -2.50. The van der Waals surface area contributed by atoms with Gasteiger partial charge in [0.15, 0.2) is 0 Å². The fourth-order valence-corrected chi connectivity index (χ4v) is 1.85. The summed E-state index contributed by atoms with van der Waals surface area (Å²) in [4.78, 5) is 11.6. The Bertz CT molecular complexity index is 472. The monoisotopic (exact) mass is 296 g/mol. The van der Waals surface area contributed by atoms with Gasteiger partial charge in [-0.15, -0.1) is 0 Å². The predicted molar refractivity (Wildman–Crippen MR) is 85.5 cm³/mol. The molecule has 0 spiro atoms. The first-order valence-electron chi connectivity index (χ1n) is 7.02. The number of hydrogen-bond donors (Lipinski definition) is 3. The summed E-state index contributed by atoms with van der Waals surface area (Å²) in [6.45, 7) is 15.4. The van der Waals surface area contributed by atoms with Crippen molar-refractivity contribution in [1.29, 1.82) is 0 Å². The van der Waals surface area contributed by atoms with Crippen LogP contribution >= 0.6 is 0 Å². The van der Waals surface area contributed by atoms with Crippen molar-refractivity contribution >= 4 is 17.8 Å². The highest BCUT2D eigenvalue weighted by molar-refractivity contribution is 5.36. The Balaban J connectivity index is 2.70. The van der Waals surface area contributed by atoms with Gasteiger partial charge in [-0.05, 0) is 24.7 Å². The van der Waals surface area contributed by atoms with Crippen molar-refractivity contribution < 1.29 is 4.74 Å². The van der Waals surface area contributed by atoms with E-state index < -0.39 is 0 Å². The van der Waals surface area contributed by atoms with Crippen LogP contribution in [0, 0.1) is 10.8 Å². The van der Waals surface area contributed by atoms with E-state index in [9.17, 15) is 0 Å². The maximum atomic E-state index is 6.01. The summed E-state index contributed by atoms with van der Waals surface area (Å²) < 4.78 is 6.01. The van der Waals surface area contributed by atoms with E-state index in [4.69, 9.17) is 16.2 Å². The van der Waals surface area contributed by atoms with Gasteiger partial charge >= 0.3 is 0 Å². The van der Waals surface area contributed by atoms with Gasteiger partial charge in [0.05, 0.1) is 5.60 Å². The molecule has 0 aromatic carbocycles. The minimum Gasteiger partial charge on any atom is -0.368 e. The lowest BCUT2D eigenvalue weighted by molar-refractivity contribution is -0.134. The summed E-state index contributed by atoms with van der Waals surface area (Å²) in [5.41, 5.74) is 10.7. The molecule has 0 unspecified atom stereocenters. The topological polar surface area (TPSA) is 112 Å². The number of nitrogens with one attached hydrogen (secondary N) is 1. The molecule has 0 aliphatic carbocycles. The number of nitrogen functional groups attached to an aromatic ring is 2. The number of rotatable bonds is 5. The van der Waals surface area contributed by atoms with Gasteiger partial charge in [-0.1, -0.05) is 34.6 Å². The summed E-state index contributed by atoms with van der Waals surface area (Å²) >= 11 is 0. The number of ether oxygens (including phenoxy) is 1. The quantitative estimate of drug-likeness (QED) is 0.714. The normalized spacial score (nSPS) is 13.3. The van der Waals surface area contributed by atoms with Gasteiger partial charge < -0.3 is 21.5 Å². The van der Waals surface area contributed by atoms with E-state index in [-0.39, 0.29) is 35.1 Å². The lowest BCUT2D eigenvalue weighted by atomic mass is 9.61. The number of aromatic nitrogens is 3. The SMILES string of the molecule is CC(C)(C)C(C)(C)C(C)(C)OCNc1nc(N)nc(N)n1. The predicted octanol–water partition coefficient (Wildman–Crippen LogP) is 2.27. The molecule has 7 heteroatoms. The maximum Gasteiger partial charge on any atom is 0.231 e. The summed E-state index contributed by atoms with van der Waals surface area (Å²) in [5.74, 6) is 0.475. The van der Waals surface area contributed by atoms with E-state index >= 15 is 0 Å². The maximum absolute atomic E-state index is 6.01. The zero-order valence-electron chi connectivity index (χ0n) is 14.1. The first-order chi connectivity index (χ1) is 9.37. The molecule has 0 radical (unpaired) electrons. The Hall–Kier alpha value is -1.63. The van der Waals surface area contributed by atoms with Crippen molar-refractivity contribution in [2.24, 2.45) is 10.8 Å². The van der Waals surface area contributed by atoms with Crippen LogP contribution in [0.4, 0.5) is 17.8 Å². The molecule has 1 heterocycles. The molecule has 0 saturated heterocycles. The Kier molecular flexibility index (Phi) is 4.67. The van der Waals surface area contributed by atoms with Crippen LogP contribution in [0.2, 0.25) is 0 Å². The Morgan fingerprint density at radius 3 is 1.81 bits per heavy atom. The molecule has 0 aliphatic heterocycles. The Morgan fingerprint density at radius 1 is 0.905 bits per heavy atom. The fraction of sp³-hybridized carbons (Fsp3) is 0.786. The number of nitrogens with two attached hydrogens (primary N) is 2. The average molecular weight is 296 g/mol. The first kappa shape index (κ1) is 17.4. The molecule has 7 nitrogen and oxygen atoms in total. The van der Waals surface area contributed by atoms with E-state index in [0.717, 1.165) is 0 Å². The average Bonchev–Trinajstić information content (AvgIpc) is 2.25. The molecule has 0 saturated carbocycles. The van der Waals surface area contributed by atoms with Gasteiger partial charge in [0.2, 0.25) is 17.8 Å². The molecule has 0 aliphatic rings. The molecule has 120 valence electrons. The summed E-state index contributed by atoms with van der Waals surface area (Å²) in [5, 5.41) is 2.96. The Morgan fingerprint density at radius 2 is 1.38 bits per heavy atom. The second-order valence-electron chi connectivity index (χ2n) is 7.23. The molecular weight excluding hydrogens is 268 g/mol. The lowest BCUT2D eigenvalue weighted by Gasteiger charge is -2.50. The van der Waals surface area contributed by atoms with Crippen LogP contribution in [-0.4, -0.2) is 27.3 Å². The minimum absolute atomic E-state index is 0.0428. The van der Waals surface area contributed by atoms with Crippen molar-refractivity contribution in [2.75, 3.05) is 23.5 Å². The van der Waals surface area contributed by atoms with E-state index in [1.165, 1.54) is 0 Å². The summed E-state index contributed by atoms with van der Waals surface area (Å²) in [6, 6.07) is 0. The minimum atomic E-state index is -0.345. The summed E-state index contributed by atoms with van der Waals surface area (Å²) in [7, 11) is 0. The molecule has 0 fully saturated rings. The van der Waals surface area contributed by atoms with E-state index in [0.29, 0.717) is 5.95 Å². The highest BCUT2D eigenvalue weighted by atomic mass is 16.5. The van der Waals surface area contributed by atoms with Crippen molar-refractivity contribution in [2.45, 2.75) is 54.1 Å². The highest BCUT2D eigenvalue weighted by Crippen LogP contribution is 2.47. The standard InChI is InChI=1S/C14H28N6O/c1-12(2,3)13(4,5)14(6,7)21-8-17-11-19-9(15)18-10(16)20-11/h8H2,1-7H3,(H5,15,16,17,18,19,20). The van der Waals surface area contributed by atoms with E-state index in [1.807, 2.05) is 0 Å². The zero-order valence-corrected chi connectivity index (χ0v) is 14.1. The summed E-state index contributed by atoms with van der Waals surface area (Å²) in [6.07, 6.45) is 0. The number of hydrogen-bond acceptors (Lipinski definition) is 7. The third-order valence-corrected chi connectivity index (χ3v) is 4.71. The second kappa shape index (κ2) is 5.63. The number of anilines is 3. The van der Waals surface area contributed by atoms with Gasteiger partial charge in [-0.3, -0.25) is 0 Å². The molecule has 0 amide bonds. The van der Waals surface area contributed by atoms with Gasteiger partial charge in [0.25, 0.3) is 0 Å². The molecule has 0 bridgehead atoms. The van der Waals surface area contributed by atoms with Crippen molar-refractivity contribution in [3.8, 4) is 0 Å². The zero-order chi connectivity index (χ0) is 16.5. The van der Waals surface area contributed by atoms with Crippen LogP contribution in [0.5, 0.6) is 0 Å². The van der Waals surface area contributed by atoms with E-state index in [2.05, 4.69) is 68.7 Å². The third-order valence-electron chi connectivity index (χ3n) is 4.71. The molecular formula is C14H28N6O. The number of nitrogens with zero attached hydrogens (tertiary/aromatic N) is 3. The van der Waals surface area contributed by atoms with E-state index in [1.54, 1.807) is 0 Å². The van der Waals surface area contributed by atoms with Crippen LogP contribution in [0.3, 0.4) is 0 Å². The smallest absolute Gasteiger partial charge is 0.231 e. The Labute approximate surface area is 126 Å². The second-order valence-corrected chi connectivity index (χ2v) is 7.23. The van der Waals surface area contributed by atoms with Crippen LogP contribution in [-0.2, 0) is 4.74 Å². The van der Waals surface area contributed by atoms with Crippen molar-refractivity contribution in [3.63, 3.8) is 0 Å². The molecule has 1 aromatic heterocycles. The largest absolute Gasteiger partial charge is 0.368 e. The molecule has 21 heavy (non-hydrogen) atoms. The fourth-order valence-electron chi connectivity index (χ4n) is 1.85. The molecule has 5 N–H and O–H groups in total. The molecule has 1 aromatic rings. The molecule has 0 atom stereocenters. The van der Waals surface area contributed by atoms with Crippen LogP contribution in [0.25, 0.3) is 0 Å². The first-order valence-corrected chi connectivity index (χ1v) is 7.02. The highest BCUT2D eigenvalue weighted by Gasteiger charge is 2.46.